The van der Waals surface area contributed by atoms with Crippen LogP contribution in [0, 0.1) is 0 Å². The molecule has 1 heterocycles. The average molecular weight is 261 g/mol. The molecule has 0 unspecified atom stereocenters. The smallest absolute Gasteiger partial charge is 0.161 e. The number of aromatic nitrogens is 2. The lowest BCUT2D eigenvalue weighted by Crippen LogP contribution is -2.37. The van der Waals surface area contributed by atoms with Crippen molar-refractivity contribution in [2.75, 3.05) is 0 Å². The molecule has 0 spiro atoms. The van der Waals surface area contributed by atoms with Crippen LogP contribution in [0.4, 0.5) is 0 Å². The quantitative estimate of drug-likeness (QED) is 0.713. The van der Waals surface area contributed by atoms with Gasteiger partial charge in [-0.15, -0.1) is 4.68 Å². The molecule has 2 nitrogen and oxygen atoms in total. The van der Waals surface area contributed by atoms with Crippen LogP contribution in [0.5, 0.6) is 0 Å². The molecular formula is C17H29N2+. The van der Waals surface area contributed by atoms with Gasteiger partial charge in [-0.2, -0.15) is 4.68 Å². The van der Waals surface area contributed by atoms with Gasteiger partial charge in [-0.1, -0.05) is 38.5 Å². The van der Waals surface area contributed by atoms with Crippen molar-refractivity contribution >= 4 is 0 Å². The van der Waals surface area contributed by atoms with Crippen LogP contribution in [0.3, 0.4) is 0 Å². The molecule has 2 aliphatic rings. The molecule has 0 N–H and O–H groups in total. The highest BCUT2D eigenvalue weighted by Crippen LogP contribution is 2.40. The monoisotopic (exact) mass is 261 g/mol. The van der Waals surface area contributed by atoms with Gasteiger partial charge in [0.1, 0.15) is 0 Å². The van der Waals surface area contributed by atoms with Gasteiger partial charge >= 0.3 is 0 Å². The third kappa shape index (κ3) is 2.59. The van der Waals surface area contributed by atoms with Crippen LogP contribution in [0.15, 0.2) is 6.20 Å². The maximum atomic E-state index is 2.43. The van der Waals surface area contributed by atoms with Crippen LogP contribution in [0.1, 0.15) is 87.3 Å². The molecule has 3 rings (SSSR count). The number of hydrogen-bond donors (Lipinski definition) is 0. The van der Waals surface area contributed by atoms with Crippen LogP contribution in [-0.2, 0) is 14.1 Å². The lowest BCUT2D eigenvalue weighted by atomic mass is 9.79. The molecule has 0 bridgehead atoms. The Morgan fingerprint density at radius 1 is 0.895 bits per heavy atom. The molecule has 0 saturated heterocycles. The molecule has 2 aliphatic carbocycles. The molecule has 106 valence electrons. The van der Waals surface area contributed by atoms with E-state index in [1.807, 2.05) is 0 Å². The molecular weight excluding hydrogens is 232 g/mol. The summed E-state index contributed by atoms with van der Waals surface area (Å²) in [4.78, 5) is 0. The van der Waals surface area contributed by atoms with Gasteiger partial charge in [0.2, 0.25) is 0 Å². The fraction of sp³-hybridized carbons (Fsp3) is 0.824. The van der Waals surface area contributed by atoms with Crippen molar-refractivity contribution in [1.29, 1.82) is 0 Å². The molecule has 0 aromatic carbocycles. The summed E-state index contributed by atoms with van der Waals surface area (Å²) in [5, 5.41) is 0. The molecule has 0 aliphatic heterocycles. The summed E-state index contributed by atoms with van der Waals surface area (Å²) >= 11 is 0. The van der Waals surface area contributed by atoms with Gasteiger partial charge in [0.25, 0.3) is 0 Å². The minimum absolute atomic E-state index is 0.830. The van der Waals surface area contributed by atoms with Crippen molar-refractivity contribution in [2.45, 2.75) is 76.0 Å². The van der Waals surface area contributed by atoms with Crippen molar-refractivity contribution in [2.24, 2.45) is 14.1 Å². The molecule has 1 aromatic heterocycles. The van der Waals surface area contributed by atoms with Gasteiger partial charge in [0.05, 0.1) is 12.7 Å². The third-order valence-corrected chi connectivity index (χ3v) is 5.48. The van der Waals surface area contributed by atoms with E-state index in [9.17, 15) is 0 Å². The maximum absolute atomic E-state index is 2.43. The number of aryl methyl sites for hydroxylation is 1. The first-order valence-corrected chi connectivity index (χ1v) is 8.33. The van der Waals surface area contributed by atoms with E-state index in [0.717, 1.165) is 11.8 Å². The largest absolute Gasteiger partial charge is 0.199 e. The van der Waals surface area contributed by atoms with Crippen molar-refractivity contribution in [3.8, 4) is 0 Å². The van der Waals surface area contributed by atoms with E-state index in [0.29, 0.717) is 0 Å². The number of hydrogen-bond acceptors (Lipinski definition) is 0. The second kappa shape index (κ2) is 5.68. The Balaban J connectivity index is 1.91. The Hall–Kier alpha value is -0.790. The minimum Gasteiger partial charge on any atom is -0.161 e. The first kappa shape index (κ1) is 13.2. The van der Waals surface area contributed by atoms with Gasteiger partial charge in [-0.3, -0.25) is 0 Å². The topological polar surface area (TPSA) is 8.81 Å². The zero-order valence-electron chi connectivity index (χ0n) is 12.7. The summed E-state index contributed by atoms with van der Waals surface area (Å²) in [6, 6.07) is 0. The SMILES string of the molecule is Cn1c(C2CCCCC2)c(C2CCCCC2)c[n+]1C. The van der Waals surface area contributed by atoms with Crippen LogP contribution < -0.4 is 4.68 Å². The normalized spacial score (nSPS) is 22.8. The average Bonchev–Trinajstić information content (AvgIpc) is 2.77. The second-order valence-electron chi connectivity index (χ2n) is 6.74. The molecule has 1 aromatic rings. The van der Waals surface area contributed by atoms with E-state index in [-0.39, 0.29) is 0 Å². The summed E-state index contributed by atoms with van der Waals surface area (Å²) < 4.78 is 4.74. The van der Waals surface area contributed by atoms with E-state index in [1.54, 1.807) is 11.3 Å². The van der Waals surface area contributed by atoms with Crippen molar-refractivity contribution in [1.82, 2.24) is 4.68 Å². The molecule has 2 saturated carbocycles. The van der Waals surface area contributed by atoms with Gasteiger partial charge in [0, 0.05) is 11.5 Å². The van der Waals surface area contributed by atoms with Crippen molar-refractivity contribution < 1.29 is 4.68 Å². The van der Waals surface area contributed by atoms with Crippen molar-refractivity contribution in [3.05, 3.63) is 17.5 Å². The van der Waals surface area contributed by atoms with Crippen LogP contribution in [0.2, 0.25) is 0 Å². The number of nitrogens with zero attached hydrogens (tertiary/aromatic N) is 2. The second-order valence-corrected chi connectivity index (χ2v) is 6.74. The Kier molecular flexibility index (Phi) is 3.95. The predicted octanol–water partition coefficient (Wildman–Crippen LogP) is 3.95. The zero-order valence-corrected chi connectivity index (χ0v) is 12.7. The van der Waals surface area contributed by atoms with E-state index in [4.69, 9.17) is 0 Å². The summed E-state index contributed by atoms with van der Waals surface area (Å²) in [5.74, 6) is 1.68. The minimum atomic E-state index is 0.830. The van der Waals surface area contributed by atoms with Gasteiger partial charge in [-0.05, 0) is 31.6 Å². The number of rotatable bonds is 2. The molecule has 0 radical (unpaired) electrons. The summed E-state index contributed by atoms with van der Waals surface area (Å²) in [7, 11) is 4.47. The molecule has 0 atom stereocenters. The van der Waals surface area contributed by atoms with E-state index in [1.165, 1.54) is 64.2 Å². The highest BCUT2D eigenvalue weighted by molar-refractivity contribution is 5.25. The third-order valence-electron chi connectivity index (χ3n) is 5.48. The van der Waals surface area contributed by atoms with Gasteiger partial charge < -0.3 is 0 Å². The lowest BCUT2D eigenvalue weighted by Gasteiger charge is -2.25. The molecule has 2 heteroatoms. The molecule has 19 heavy (non-hydrogen) atoms. The zero-order chi connectivity index (χ0) is 13.2. The fourth-order valence-corrected chi connectivity index (χ4v) is 4.31. The lowest BCUT2D eigenvalue weighted by molar-refractivity contribution is -0.752. The highest BCUT2D eigenvalue weighted by Gasteiger charge is 2.30. The summed E-state index contributed by atoms with van der Waals surface area (Å²) in [6.07, 6.45) is 16.7. The first-order chi connectivity index (χ1) is 9.27. The fourth-order valence-electron chi connectivity index (χ4n) is 4.31. The molecule has 2 fully saturated rings. The van der Waals surface area contributed by atoms with Crippen LogP contribution >= 0.6 is 0 Å². The first-order valence-electron chi connectivity index (χ1n) is 8.33. The maximum Gasteiger partial charge on any atom is 0.199 e. The van der Waals surface area contributed by atoms with Crippen LogP contribution in [-0.4, -0.2) is 4.68 Å². The van der Waals surface area contributed by atoms with E-state index in [2.05, 4.69) is 29.7 Å². The van der Waals surface area contributed by atoms with Crippen molar-refractivity contribution in [3.63, 3.8) is 0 Å². The van der Waals surface area contributed by atoms with Gasteiger partial charge in [-0.25, -0.2) is 0 Å². The van der Waals surface area contributed by atoms with Crippen LogP contribution in [0.25, 0.3) is 0 Å². The Labute approximate surface area is 117 Å². The highest BCUT2D eigenvalue weighted by atomic mass is 15.4. The van der Waals surface area contributed by atoms with E-state index < -0.39 is 0 Å². The summed E-state index contributed by atoms with van der Waals surface area (Å²) in [5.41, 5.74) is 3.37. The Morgan fingerprint density at radius 3 is 2.00 bits per heavy atom. The van der Waals surface area contributed by atoms with E-state index >= 15 is 0 Å². The van der Waals surface area contributed by atoms with Gasteiger partial charge in [0.15, 0.2) is 13.2 Å². The Bertz CT molecular complexity index is 421. The summed E-state index contributed by atoms with van der Waals surface area (Å²) in [6.45, 7) is 0. The Morgan fingerprint density at radius 2 is 1.42 bits per heavy atom. The standard InChI is InChI=1S/C17H29N2/c1-18-13-16(14-9-5-3-6-10-14)17(19(18)2)15-11-7-4-8-12-15/h13-15H,3-12H2,1-2H3/q+1. The molecule has 0 amide bonds. The predicted molar refractivity (Wildman–Crippen MR) is 78.2 cm³/mol.